The summed E-state index contributed by atoms with van der Waals surface area (Å²) >= 11 is 0. The van der Waals surface area contributed by atoms with Crippen LogP contribution in [-0.4, -0.2) is 51.3 Å². The van der Waals surface area contributed by atoms with Gasteiger partial charge in [0.1, 0.15) is 5.54 Å². The Balaban J connectivity index is 1.36. The van der Waals surface area contributed by atoms with Crippen LogP contribution in [0, 0.1) is 0 Å². The molecule has 7 heteroatoms. The smallest absolute Gasteiger partial charge is 0.253 e. The molecule has 1 saturated carbocycles. The number of pyridine rings is 1. The van der Waals surface area contributed by atoms with Gasteiger partial charge in [0, 0.05) is 36.1 Å². The van der Waals surface area contributed by atoms with Crippen LogP contribution in [0.15, 0.2) is 47.8 Å². The Labute approximate surface area is 189 Å². The molecule has 0 aromatic carbocycles. The van der Waals surface area contributed by atoms with E-state index in [1.165, 1.54) is 6.20 Å². The third kappa shape index (κ3) is 4.47. The van der Waals surface area contributed by atoms with Gasteiger partial charge in [0.05, 0.1) is 5.56 Å². The molecule has 1 aliphatic heterocycles. The predicted octanol–water partition coefficient (Wildman–Crippen LogP) is 2.89. The molecule has 2 fully saturated rings. The molecule has 2 unspecified atom stereocenters. The van der Waals surface area contributed by atoms with E-state index in [-0.39, 0.29) is 23.8 Å². The molecule has 1 saturated heterocycles. The van der Waals surface area contributed by atoms with Crippen LogP contribution in [0.25, 0.3) is 0 Å². The van der Waals surface area contributed by atoms with Gasteiger partial charge in [0.15, 0.2) is 0 Å². The highest BCUT2D eigenvalue weighted by Crippen LogP contribution is 2.36. The molecule has 1 aromatic rings. The fourth-order valence-corrected chi connectivity index (χ4v) is 4.70. The highest BCUT2D eigenvalue weighted by molar-refractivity contribution is 6.00. The second kappa shape index (κ2) is 8.88. The number of hydrogen-bond acceptors (Lipinski definition) is 4. The summed E-state index contributed by atoms with van der Waals surface area (Å²) in [5, 5.41) is 5.94. The molecular formula is C25H32N4O3. The van der Waals surface area contributed by atoms with Crippen molar-refractivity contribution in [3.63, 3.8) is 0 Å². The summed E-state index contributed by atoms with van der Waals surface area (Å²) in [5.41, 5.74) is 1.54. The molecule has 4 rings (SSSR count). The Hall–Kier alpha value is -2.96. The zero-order chi connectivity index (χ0) is 22.9. The molecule has 0 radical (unpaired) electrons. The molecule has 170 valence electrons. The molecular weight excluding hydrogens is 404 g/mol. The fourth-order valence-electron chi connectivity index (χ4n) is 4.70. The number of carbonyl (C=O) groups is 3. The molecule has 0 spiro atoms. The highest BCUT2D eigenvalue weighted by Gasteiger charge is 2.51. The van der Waals surface area contributed by atoms with Crippen molar-refractivity contribution in [2.24, 2.45) is 0 Å². The summed E-state index contributed by atoms with van der Waals surface area (Å²) in [6, 6.07) is 3.80. The number of aromatic nitrogens is 1. The van der Waals surface area contributed by atoms with E-state index in [1.807, 2.05) is 24.0 Å². The number of amides is 3. The number of hydrogen-bond donors (Lipinski definition) is 2. The first-order valence-electron chi connectivity index (χ1n) is 11.6. The van der Waals surface area contributed by atoms with Crippen LogP contribution in [0.4, 0.5) is 0 Å². The average Bonchev–Trinajstić information content (AvgIpc) is 3.51. The van der Waals surface area contributed by atoms with Gasteiger partial charge in [0.2, 0.25) is 11.8 Å². The lowest BCUT2D eigenvalue weighted by atomic mass is 9.93. The predicted molar refractivity (Wildman–Crippen MR) is 122 cm³/mol. The van der Waals surface area contributed by atoms with Crippen molar-refractivity contribution in [2.45, 2.75) is 83.0 Å². The van der Waals surface area contributed by atoms with Crippen LogP contribution in [-0.2, 0) is 9.59 Å². The Kier molecular flexibility index (Phi) is 6.17. The van der Waals surface area contributed by atoms with E-state index in [2.05, 4.69) is 29.5 Å². The molecule has 2 N–H and O–H groups in total. The Bertz CT molecular complexity index is 955. The van der Waals surface area contributed by atoms with Crippen molar-refractivity contribution >= 4 is 17.7 Å². The number of nitrogens with one attached hydrogen (secondary N) is 2. The Morgan fingerprint density at radius 1 is 1.12 bits per heavy atom. The van der Waals surface area contributed by atoms with E-state index in [0.717, 1.165) is 30.4 Å². The number of rotatable bonds is 6. The summed E-state index contributed by atoms with van der Waals surface area (Å²) in [6.45, 7) is 6.18. The Morgan fingerprint density at radius 2 is 1.84 bits per heavy atom. The maximum atomic E-state index is 12.9. The highest BCUT2D eigenvalue weighted by atomic mass is 16.2. The quantitative estimate of drug-likeness (QED) is 0.717. The molecule has 3 amide bonds. The van der Waals surface area contributed by atoms with E-state index >= 15 is 0 Å². The van der Waals surface area contributed by atoms with Crippen LogP contribution in [0.5, 0.6) is 0 Å². The van der Waals surface area contributed by atoms with Crippen LogP contribution >= 0.6 is 0 Å². The van der Waals surface area contributed by atoms with Gasteiger partial charge in [-0.2, -0.15) is 0 Å². The third-order valence-corrected chi connectivity index (χ3v) is 7.01. The maximum absolute atomic E-state index is 12.9. The fraction of sp³-hybridized carbons (Fsp3) is 0.520. The van der Waals surface area contributed by atoms with Crippen LogP contribution in [0.3, 0.4) is 0 Å². The first-order valence-corrected chi connectivity index (χ1v) is 11.6. The zero-order valence-corrected chi connectivity index (χ0v) is 19.1. The molecule has 2 aliphatic carbocycles. The lowest BCUT2D eigenvalue weighted by Gasteiger charge is -2.29. The monoisotopic (exact) mass is 436 g/mol. The molecule has 32 heavy (non-hydrogen) atoms. The van der Waals surface area contributed by atoms with Gasteiger partial charge < -0.3 is 15.5 Å². The SMILES string of the molecule is CC1CCC(C)N1C(=O)C1=CC=C([C@@H](C)NC(=O)C2(NC(=O)c3cccnc3)CC2)CC1. The lowest BCUT2D eigenvalue weighted by Crippen LogP contribution is -2.51. The maximum Gasteiger partial charge on any atom is 0.253 e. The molecule has 3 aliphatic rings. The van der Waals surface area contributed by atoms with E-state index in [9.17, 15) is 14.4 Å². The summed E-state index contributed by atoms with van der Waals surface area (Å²) in [5.74, 6) is -0.301. The van der Waals surface area contributed by atoms with Crippen molar-refractivity contribution in [2.75, 3.05) is 0 Å². The lowest BCUT2D eigenvalue weighted by molar-refractivity contribution is -0.129. The third-order valence-electron chi connectivity index (χ3n) is 7.01. The van der Waals surface area contributed by atoms with Crippen LogP contribution < -0.4 is 10.6 Å². The first kappa shape index (κ1) is 22.2. The first-order chi connectivity index (χ1) is 15.3. The second-order valence-corrected chi connectivity index (χ2v) is 9.39. The molecule has 3 atom stereocenters. The van der Waals surface area contributed by atoms with Gasteiger partial charge in [-0.3, -0.25) is 19.4 Å². The van der Waals surface area contributed by atoms with Crippen molar-refractivity contribution in [3.05, 3.63) is 53.4 Å². The number of likely N-dealkylation sites (tertiary alicyclic amines) is 1. The molecule has 0 bridgehead atoms. The normalized spacial score (nSPS) is 24.8. The number of allylic oxidation sites excluding steroid dienone is 2. The van der Waals surface area contributed by atoms with Gasteiger partial charge in [0.25, 0.3) is 5.91 Å². The van der Waals surface area contributed by atoms with Gasteiger partial charge >= 0.3 is 0 Å². The van der Waals surface area contributed by atoms with E-state index in [0.29, 0.717) is 36.9 Å². The summed E-state index contributed by atoms with van der Waals surface area (Å²) in [4.78, 5) is 44.3. The minimum Gasteiger partial charge on any atom is -0.348 e. The number of nitrogens with zero attached hydrogens (tertiary/aromatic N) is 2. The van der Waals surface area contributed by atoms with Gasteiger partial charge in [-0.15, -0.1) is 0 Å². The molecule has 1 aromatic heterocycles. The van der Waals surface area contributed by atoms with Crippen LogP contribution in [0.2, 0.25) is 0 Å². The topological polar surface area (TPSA) is 91.4 Å². The van der Waals surface area contributed by atoms with Gasteiger partial charge in [-0.25, -0.2) is 0 Å². The van der Waals surface area contributed by atoms with Gasteiger partial charge in [-0.05, 0) is 77.0 Å². The Morgan fingerprint density at radius 3 is 2.41 bits per heavy atom. The van der Waals surface area contributed by atoms with Crippen LogP contribution in [0.1, 0.15) is 69.7 Å². The van der Waals surface area contributed by atoms with Crippen molar-refractivity contribution < 1.29 is 14.4 Å². The van der Waals surface area contributed by atoms with Crippen molar-refractivity contribution in [3.8, 4) is 0 Å². The van der Waals surface area contributed by atoms with Gasteiger partial charge in [-0.1, -0.05) is 12.2 Å². The summed E-state index contributed by atoms with van der Waals surface area (Å²) in [7, 11) is 0. The summed E-state index contributed by atoms with van der Waals surface area (Å²) in [6.07, 6.45) is 11.8. The minimum atomic E-state index is -0.838. The standard InChI is InChI=1S/C25H32N4O3/c1-16-6-7-17(2)29(16)23(31)20-10-8-19(9-11-20)18(3)27-24(32)25(12-13-25)28-22(30)21-5-4-14-26-15-21/h4-5,8,10,14-18H,6-7,9,11-13H2,1-3H3,(H,27,32)(H,28,30)/t16?,17?,18-/m1/s1. The average molecular weight is 437 g/mol. The van der Waals surface area contributed by atoms with E-state index < -0.39 is 5.54 Å². The largest absolute Gasteiger partial charge is 0.348 e. The minimum absolute atomic E-state index is 0.143. The summed E-state index contributed by atoms with van der Waals surface area (Å²) < 4.78 is 0. The number of carbonyl (C=O) groups excluding carboxylic acids is 3. The molecule has 7 nitrogen and oxygen atoms in total. The van der Waals surface area contributed by atoms with E-state index in [4.69, 9.17) is 0 Å². The second-order valence-electron chi connectivity index (χ2n) is 9.39. The molecule has 2 heterocycles. The van der Waals surface area contributed by atoms with Crippen molar-refractivity contribution in [1.29, 1.82) is 0 Å². The van der Waals surface area contributed by atoms with E-state index in [1.54, 1.807) is 18.3 Å². The van der Waals surface area contributed by atoms with Crippen molar-refractivity contribution in [1.82, 2.24) is 20.5 Å². The zero-order valence-electron chi connectivity index (χ0n) is 19.1.